The normalized spacial score (nSPS) is 13.5. The fourth-order valence-electron chi connectivity index (χ4n) is 1.20. The fourth-order valence-corrected chi connectivity index (χ4v) is 1.28. The first-order valence-electron chi connectivity index (χ1n) is 5.09. The molecule has 1 unspecified atom stereocenters. The van der Waals surface area contributed by atoms with Crippen LogP contribution in [0.4, 0.5) is 23.2 Å². The van der Waals surface area contributed by atoms with Crippen molar-refractivity contribution in [3.05, 3.63) is 29.6 Å². The second kappa shape index (κ2) is 5.58. The largest absolute Gasteiger partial charge is 0.416 e. The van der Waals surface area contributed by atoms with Crippen molar-refractivity contribution in [3.8, 4) is 0 Å². The van der Waals surface area contributed by atoms with Crippen molar-refractivity contribution >= 4 is 17.3 Å². The Labute approximate surface area is 102 Å². The third-order valence-electron chi connectivity index (χ3n) is 2.25. The lowest BCUT2D eigenvalue weighted by molar-refractivity contribution is -0.137. The summed E-state index contributed by atoms with van der Waals surface area (Å²) in [5, 5.41) is 2.48. The van der Waals surface area contributed by atoms with Gasteiger partial charge >= 0.3 is 6.18 Å². The molecule has 0 saturated heterocycles. The van der Waals surface area contributed by atoms with Gasteiger partial charge in [-0.25, -0.2) is 4.39 Å². The van der Waals surface area contributed by atoms with Crippen molar-refractivity contribution in [2.45, 2.75) is 24.9 Å². The maximum absolute atomic E-state index is 13.3. The van der Waals surface area contributed by atoms with Crippen LogP contribution in [0.5, 0.6) is 0 Å². The monoisotopic (exact) mass is 269 g/mol. The first kappa shape index (κ1) is 14.1. The fraction of sp³-hybridized carbons (Fsp3) is 0.455. The maximum atomic E-state index is 13.3. The predicted molar refractivity (Wildman–Crippen MR) is 59.8 cm³/mol. The Bertz CT molecular complexity index is 378. The quantitative estimate of drug-likeness (QED) is 0.636. The molecule has 1 atom stereocenters. The van der Waals surface area contributed by atoms with Crippen molar-refractivity contribution in [1.29, 1.82) is 0 Å². The Balaban J connectivity index is 2.77. The Morgan fingerprint density at radius 1 is 1.35 bits per heavy atom. The molecule has 6 heteroatoms. The molecule has 0 saturated carbocycles. The molecule has 0 aliphatic rings. The van der Waals surface area contributed by atoms with E-state index in [9.17, 15) is 17.6 Å². The van der Waals surface area contributed by atoms with Crippen molar-refractivity contribution in [2.24, 2.45) is 0 Å². The Morgan fingerprint density at radius 3 is 2.47 bits per heavy atom. The highest BCUT2D eigenvalue weighted by molar-refractivity contribution is 6.20. The zero-order valence-electron chi connectivity index (χ0n) is 9.11. The summed E-state index contributed by atoms with van der Waals surface area (Å²) in [6.45, 7) is 2.17. The van der Waals surface area contributed by atoms with E-state index in [0.29, 0.717) is 19.0 Å². The summed E-state index contributed by atoms with van der Waals surface area (Å²) in [5.41, 5.74) is -0.976. The minimum Gasteiger partial charge on any atom is -0.381 e. The molecule has 0 aliphatic carbocycles. The van der Waals surface area contributed by atoms with E-state index in [4.69, 9.17) is 11.6 Å². The van der Waals surface area contributed by atoms with Gasteiger partial charge in [0, 0.05) is 6.54 Å². The van der Waals surface area contributed by atoms with Crippen molar-refractivity contribution in [1.82, 2.24) is 0 Å². The molecule has 0 heterocycles. The van der Waals surface area contributed by atoms with E-state index in [1.807, 2.05) is 6.92 Å². The van der Waals surface area contributed by atoms with E-state index < -0.39 is 17.6 Å². The van der Waals surface area contributed by atoms with E-state index in [2.05, 4.69) is 5.32 Å². The van der Waals surface area contributed by atoms with Crippen LogP contribution in [-0.4, -0.2) is 11.9 Å². The van der Waals surface area contributed by atoms with E-state index >= 15 is 0 Å². The maximum Gasteiger partial charge on any atom is 0.416 e. The minimum absolute atomic E-state index is 0.0251. The Kier molecular flexibility index (Phi) is 4.62. The number of benzene rings is 1. The van der Waals surface area contributed by atoms with E-state index in [-0.39, 0.29) is 11.1 Å². The highest BCUT2D eigenvalue weighted by Gasteiger charge is 2.31. The van der Waals surface area contributed by atoms with Crippen LogP contribution in [-0.2, 0) is 6.18 Å². The molecule has 1 aromatic rings. The van der Waals surface area contributed by atoms with Crippen molar-refractivity contribution < 1.29 is 17.6 Å². The van der Waals surface area contributed by atoms with E-state index in [1.165, 1.54) is 0 Å². The summed E-state index contributed by atoms with van der Waals surface area (Å²) in [5.74, 6) is -0.931. The molecule has 0 radical (unpaired) electrons. The van der Waals surface area contributed by atoms with Crippen LogP contribution in [0.2, 0.25) is 0 Å². The number of hydrogen-bond acceptors (Lipinski definition) is 1. The van der Waals surface area contributed by atoms with Gasteiger partial charge in [0.25, 0.3) is 0 Å². The van der Waals surface area contributed by atoms with Gasteiger partial charge in [-0.15, -0.1) is 11.6 Å². The summed E-state index contributed by atoms with van der Waals surface area (Å²) < 4.78 is 50.1. The van der Waals surface area contributed by atoms with Crippen LogP contribution in [0.3, 0.4) is 0 Å². The summed E-state index contributed by atoms with van der Waals surface area (Å²) in [6.07, 6.45) is -3.84. The first-order chi connectivity index (χ1) is 7.84. The summed E-state index contributed by atoms with van der Waals surface area (Å²) in [4.78, 5) is 0. The summed E-state index contributed by atoms with van der Waals surface area (Å²) in [7, 11) is 0. The molecular formula is C11H12ClF4N. The van der Waals surface area contributed by atoms with Gasteiger partial charge in [-0.1, -0.05) is 6.92 Å². The molecule has 0 fully saturated rings. The third-order valence-corrected chi connectivity index (χ3v) is 2.72. The summed E-state index contributed by atoms with van der Waals surface area (Å²) in [6, 6.07) is 2.37. The molecule has 0 amide bonds. The lowest BCUT2D eigenvalue weighted by Gasteiger charge is -2.12. The lowest BCUT2D eigenvalue weighted by Crippen LogP contribution is -2.14. The lowest BCUT2D eigenvalue weighted by atomic mass is 10.2. The molecule has 0 spiro atoms. The number of nitrogens with one attached hydrogen (secondary N) is 1. The van der Waals surface area contributed by atoms with Gasteiger partial charge in [0.2, 0.25) is 0 Å². The molecule has 1 nitrogen and oxygen atoms in total. The van der Waals surface area contributed by atoms with Gasteiger partial charge in [0.15, 0.2) is 0 Å². The van der Waals surface area contributed by atoms with Gasteiger partial charge in [-0.05, 0) is 24.6 Å². The van der Waals surface area contributed by atoms with Crippen LogP contribution in [0.1, 0.15) is 18.9 Å². The van der Waals surface area contributed by atoms with Gasteiger partial charge < -0.3 is 5.32 Å². The molecule has 0 aliphatic heterocycles. The number of alkyl halides is 4. The number of rotatable bonds is 4. The van der Waals surface area contributed by atoms with Crippen LogP contribution in [0.15, 0.2) is 18.2 Å². The highest BCUT2D eigenvalue weighted by Crippen LogP contribution is 2.31. The molecule has 17 heavy (non-hydrogen) atoms. The van der Waals surface area contributed by atoms with Gasteiger partial charge in [-0.2, -0.15) is 13.2 Å². The van der Waals surface area contributed by atoms with Crippen LogP contribution < -0.4 is 5.32 Å². The first-order valence-corrected chi connectivity index (χ1v) is 5.53. The van der Waals surface area contributed by atoms with Crippen LogP contribution >= 0.6 is 11.6 Å². The SMILES string of the molecule is CCC(Cl)CNc1ccc(C(F)(F)F)cc1F. The molecule has 1 rings (SSSR count). The molecule has 0 bridgehead atoms. The molecule has 1 N–H and O–H groups in total. The molecular weight excluding hydrogens is 258 g/mol. The average Bonchev–Trinajstić information content (AvgIpc) is 2.25. The Hall–Kier alpha value is -0.970. The van der Waals surface area contributed by atoms with Crippen LogP contribution in [0, 0.1) is 5.82 Å². The van der Waals surface area contributed by atoms with Gasteiger partial charge in [-0.3, -0.25) is 0 Å². The van der Waals surface area contributed by atoms with E-state index in [0.717, 1.165) is 12.1 Å². The standard InChI is InChI=1S/C11H12ClF4N/c1-2-8(12)6-17-10-4-3-7(5-9(10)13)11(14,15)16/h3-5,8,17H,2,6H2,1H3. The number of hydrogen-bond donors (Lipinski definition) is 1. The third kappa shape index (κ3) is 4.07. The van der Waals surface area contributed by atoms with Crippen molar-refractivity contribution in [3.63, 3.8) is 0 Å². The molecule has 0 aromatic heterocycles. The van der Waals surface area contributed by atoms with Crippen LogP contribution in [0.25, 0.3) is 0 Å². The zero-order chi connectivity index (χ0) is 13.1. The second-order valence-corrected chi connectivity index (χ2v) is 4.20. The highest BCUT2D eigenvalue weighted by atomic mass is 35.5. The Morgan fingerprint density at radius 2 is 2.00 bits per heavy atom. The predicted octanol–water partition coefficient (Wildman–Crippen LogP) is 4.27. The minimum atomic E-state index is -4.53. The van der Waals surface area contributed by atoms with Crippen molar-refractivity contribution in [2.75, 3.05) is 11.9 Å². The van der Waals surface area contributed by atoms with E-state index in [1.54, 1.807) is 0 Å². The van der Waals surface area contributed by atoms with Gasteiger partial charge in [0.1, 0.15) is 5.82 Å². The average molecular weight is 270 g/mol. The molecule has 1 aromatic carbocycles. The topological polar surface area (TPSA) is 12.0 Å². The second-order valence-electron chi connectivity index (χ2n) is 3.58. The number of halogens is 5. The number of anilines is 1. The van der Waals surface area contributed by atoms with Gasteiger partial charge in [0.05, 0.1) is 16.6 Å². The smallest absolute Gasteiger partial charge is 0.381 e. The molecule has 96 valence electrons. The summed E-state index contributed by atoms with van der Waals surface area (Å²) >= 11 is 5.81. The zero-order valence-corrected chi connectivity index (χ0v) is 9.87.